The fraction of sp³-hybridized carbons (Fsp3) is 0.444. The Morgan fingerprint density at radius 2 is 1.46 bits per heavy atom. The molecule has 1 aromatic carbocycles. The smallest absolute Gasteiger partial charge is 0.450 e. The lowest BCUT2D eigenvalue weighted by Crippen LogP contribution is -2.61. The van der Waals surface area contributed by atoms with E-state index in [2.05, 4.69) is 10.8 Å². The van der Waals surface area contributed by atoms with Gasteiger partial charge in [-0.1, -0.05) is 6.58 Å². The van der Waals surface area contributed by atoms with Gasteiger partial charge in [0.25, 0.3) is 0 Å². The molecule has 19 heteroatoms. The molecular formula is C18H18F6O10S3. The fourth-order valence-electron chi connectivity index (χ4n) is 2.00. The third-order valence-corrected chi connectivity index (χ3v) is 7.12. The fourth-order valence-corrected chi connectivity index (χ4v) is 4.26. The van der Waals surface area contributed by atoms with Gasteiger partial charge in [0.2, 0.25) is 0 Å². The standard InChI is InChI=1S/C18H18F6O10S3/c1-11(2)15(26)33-9-8-32-14(25)7-10-35-13-5-3-12(4-6-13)34-37(30,31)18(23,24)16(19,20)17(21,22)36(27,28)29/h3-6H,1,7-10H2,2H3,(H,27,28,29). The normalized spacial score (nSPS) is 13.1. The number of hydrogen-bond acceptors (Lipinski definition) is 10. The summed E-state index contributed by atoms with van der Waals surface area (Å²) in [5, 5.41) is -13.7. The lowest BCUT2D eigenvalue weighted by atomic mass is 10.3. The zero-order chi connectivity index (χ0) is 28.9. The van der Waals surface area contributed by atoms with E-state index in [4.69, 9.17) is 14.0 Å². The van der Waals surface area contributed by atoms with Gasteiger partial charge in [0.05, 0.1) is 6.42 Å². The van der Waals surface area contributed by atoms with Crippen LogP contribution in [0.25, 0.3) is 0 Å². The number of hydrogen-bond donors (Lipinski definition) is 1. The van der Waals surface area contributed by atoms with Crippen molar-refractivity contribution < 1.29 is 71.0 Å². The molecule has 0 aliphatic carbocycles. The summed E-state index contributed by atoms with van der Waals surface area (Å²) in [6.45, 7) is 4.36. The van der Waals surface area contributed by atoms with E-state index in [0.717, 1.165) is 23.9 Å². The molecule has 37 heavy (non-hydrogen) atoms. The highest BCUT2D eigenvalue weighted by Crippen LogP contribution is 2.50. The van der Waals surface area contributed by atoms with Gasteiger partial charge in [-0.05, 0) is 31.2 Å². The van der Waals surface area contributed by atoms with Crippen molar-refractivity contribution in [2.45, 2.75) is 34.7 Å². The predicted molar refractivity (Wildman–Crippen MR) is 114 cm³/mol. The molecule has 210 valence electrons. The number of halogens is 6. The summed E-state index contributed by atoms with van der Waals surface area (Å²) in [5.74, 6) is -9.39. The van der Waals surface area contributed by atoms with Crippen LogP contribution in [-0.2, 0) is 39.3 Å². The van der Waals surface area contributed by atoms with E-state index in [0.29, 0.717) is 17.0 Å². The minimum atomic E-state index is -7.15. The Bertz CT molecular complexity index is 1220. The number of carbonyl (C=O) groups is 2. The van der Waals surface area contributed by atoms with E-state index in [1.54, 1.807) is 0 Å². The first-order valence-electron chi connectivity index (χ1n) is 9.43. The average molecular weight is 605 g/mol. The SMILES string of the molecule is C=C(C)C(=O)OCCOC(=O)CCSc1ccc(OS(=O)(=O)C(F)(F)C(F)(F)C(F)(F)S(=O)(=O)O)cc1. The average Bonchev–Trinajstić information content (AvgIpc) is 2.76. The van der Waals surface area contributed by atoms with Crippen LogP contribution >= 0.6 is 11.8 Å². The molecule has 0 aliphatic heterocycles. The van der Waals surface area contributed by atoms with Crippen LogP contribution in [0, 0.1) is 0 Å². The molecule has 0 spiro atoms. The van der Waals surface area contributed by atoms with Crippen LogP contribution in [-0.4, -0.2) is 68.7 Å². The predicted octanol–water partition coefficient (Wildman–Crippen LogP) is 3.25. The van der Waals surface area contributed by atoms with E-state index in [1.165, 1.54) is 6.92 Å². The Kier molecular flexibility index (Phi) is 10.5. The molecule has 1 rings (SSSR count). The van der Waals surface area contributed by atoms with E-state index < -0.39 is 54.4 Å². The Morgan fingerprint density at radius 3 is 1.95 bits per heavy atom. The minimum Gasteiger partial charge on any atom is -0.462 e. The van der Waals surface area contributed by atoms with Crippen LogP contribution in [0.4, 0.5) is 26.3 Å². The van der Waals surface area contributed by atoms with Crippen LogP contribution < -0.4 is 4.18 Å². The van der Waals surface area contributed by atoms with Crippen molar-refractivity contribution in [2.75, 3.05) is 19.0 Å². The molecule has 1 aromatic rings. The van der Waals surface area contributed by atoms with Gasteiger partial charge in [0.15, 0.2) is 0 Å². The second-order valence-corrected chi connectivity index (χ2v) is 11.0. The van der Waals surface area contributed by atoms with Gasteiger partial charge in [-0.3, -0.25) is 9.35 Å². The topological polar surface area (TPSA) is 150 Å². The highest BCUT2D eigenvalue weighted by molar-refractivity contribution is 7.99. The third kappa shape index (κ3) is 7.74. The summed E-state index contributed by atoms with van der Waals surface area (Å²) in [5.41, 5.74) is 0.155. The van der Waals surface area contributed by atoms with Gasteiger partial charge in [-0.2, -0.15) is 43.2 Å². The van der Waals surface area contributed by atoms with Crippen molar-refractivity contribution in [1.82, 2.24) is 0 Å². The number of esters is 2. The summed E-state index contributed by atoms with van der Waals surface area (Å²) in [6, 6.07) is 3.45. The van der Waals surface area contributed by atoms with Gasteiger partial charge < -0.3 is 13.7 Å². The first kappa shape index (κ1) is 32.5. The first-order chi connectivity index (χ1) is 16.7. The van der Waals surface area contributed by atoms with Crippen molar-refractivity contribution in [1.29, 1.82) is 0 Å². The molecule has 0 bridgehead atoms. The molecule has 0 amide bonds. The van der Waals surface area contributed by atoms with Crippen molar-refractivity contribution in [3.05, 3.63) is 36.4 Å². The zero-order valence-electron chi connectivity index (χ0n) is 18.5. The molecule has 10 nitrogen and oxygen atoms in total. The number of thioether (sulfide) groups is 1. The second kappa shape index (κ2) is 11.9. The number of alkyl halides is 6. The van der Waals surface area contributed by atoms with Crippen LogP contribution in [0.3, 0.4) is 0 Å². The summed E-state index contributed by atoms with van der Waals surface area (Å²) >= 11 is 0.975. The maximum Gasteiger partial charge on any atom is 0.450 e. The van der Waals surface area contributed by atoms with Gasteiger partial charge in [0.1, 0.15) is 19.0 Å². The summed E-state index contributed by atoms with van der Waals surface area (Å²) < 4.78 is 147. The Hall–Kier alpha value is -2.51. The van der Waals surface area contributed by atoms with Crippen molar-refractivity contribution >= 4 is 43.9 Å². The van der Waals surface area contributed by atoms with Gasteiger partial charge >= 0.3 is 48.6 Å². The van der Waals surface area contributed by atoms with Crippen LogP contribution in [0.1, 0.15) is 13.3 Å². The van der Waals surface area contributed by atoms with Crippen LogP contribution in [0.15, 0.2) is 41.3 Å². The lowest BCUT2D eigenvalue weighted by Gasteiger charge is -2.29. The Labute approximate surface area is 210 Å². The molecule has 0 saturated heterocycles. The summed E-state index contributed by atoms with van der Waals surface area (Å²) in [4.78, 5) is 23.1. The maximum absolute atomic E-state index is 13.8. The molecule has 0 aromatic heterocycles. The summed E-state index contributed by atoms with van der Waals surface area (Å²) in [7, 11) is -14.1. The minimum absolute atomic E-state index is 0.0951. The van der Waals surface area contributed by atoms with Gasteiger partial charge in [-0.25, -0.2) is 4.79 Å². The van der Waals surface area contributed by atoms with E-state index in [9.17, 15) is 52.8 Å². The molecule has 0 aliphatic rings. The van der Waals surface area contributed by atoms with Crippen LogP contribution in [0.2, 0.25) is 0 Å². The molecule has 0 atom stereocenters. The van der Waals surface area contributed by atoms with Gasteiger partial charge in [0, 0.05) is 16.2 Å². The third-order valence-electron chi connectivity index (χ3n) is 3.90. The quantitative estimate of drug-likeness (QED) is 0.0634. The Balaban J connectivity index is 2.72. The van der Waals surface area contributed by atoms with Crippen molar-refractivity contribution in [3.63, 3.8) is 0 Å². The number of ether oxygens (including phenoxy) is 2. The van der Waals surface area contributed by atoms with Crippen molar-refractivity contribution in [3.8, 4) is 5.75 Å². The number of rotatable bonds is 14. The molecule has 0 fully saturated rings. The molecule has 0 heterocycles. The molecule has 0 saturated carbocycles. The number of benzene rings is 1. The number of carbonyl (C=O) groups excluding carboxylic acids is 2. The zero-order valence-corrected chi connectivity index (χ0v) is 20.9. The first-order valence-corrected chi connectivity index (χ1v) is 13.3. The molecule has 0 radical (unpaired) electrons. The Morgan fingerprint density at radius 1 is 0.946 bits per heavy atom. The molecule has 0 unspecified atom stereocenters. The monoisotopic (exact) mass is 604 g/mol. The second-order valence-electron chi connectivity index (χ2n) is 6.83. The van der Waals surface area contributed by atoms with E-state index >= 15 is 0 Å². The van der Waals surface area contributed by atoms with E-state index in [1.807, 2.05) is 0 Å². The van der Waals surface area contributed by atoms with E-state index in [-0.39, 0.29) is 31.0 Å². The van der Waals surface area contributed by atoms with Gasteiger partial charge in [-0.15, -0.1) is 11.8 Å². The summed E-state index contributed by atoms with van der Waals surface area (Å²) in [6.07, 6.45) is -0.144. The maximum atomic E-state index is 13.8. The van der Waals surface area contributed by atoms with Crippen LogP contribution in [0.5, 0.6) is 5.75 Å². The highest BCUT2D eigenvalue weighted by atomic mass is 32.2. The largest absolute Gasteiger partial charge is 0.462 e. The van der Waals surface area contributed by atoms with Crippen molar-refractivity contribution in [2.24, 2.45) is 0 Å². The lowest BCUT2D eigenvalue weighted by molar-refractivity contribution is -0.247. The highest BCUT2D eigenvalue weighted by Gasteiger charge is 2.83. The molecule has 1 N–H and O–H groups in total. The molecular weight excluding hydrogens is 586 g/mol.